The average molecular weight is 316 g/mol. The van der Waals surface area contributed by atoms with E-state index in [0.717, 1.165) is 22.3 Å². The summed E-state index contributed by atoms with van der Waals surface area (Å²) in [6.45, 7) is 3.80. The van der Waals surface area contributed by atoms with E-state index in [4.69, 9.17) is 0 Å². The van der Waals surface area contributed by atoms with Crippen LogP contribution in [0.4, 0.5) is 0 Å². The summed E-state index contributed by atoms with van der Waals surface area (Å²) in [6.07, 6.45) is 12.4. The molecule has 4 unspecified atom stereocenters. The average Bonchev–Trinajstić information content (AvgIpc) is 2.61. The molecule has 4 atom stereocenters. The normalized spacial score (nSPS) is 31.2. The van der Waals surface area contributed by atoms with Gasteiger partial charge in [0.25, 0.3) is 0 Å². The molecule has 3 aliphatic rings. The Hall–Kier alpha value is -2.48. The van der Waals surface area contributed by atoms with E-state index < -0.39 is 0 Å². The van der Waals surface area contributed by atoms with Gasteiger partial charge in [-0.3, -0.25) is 9.59 Å². The Bertz CT molecular complexity index is 850. The Kier molecular flexibility index (Phi) is 3.49. The van der Waals surface area contributed by atoms with Crippen LogP contribution in [0.25, 0.3) is 0 Å². The van der Waals surface area contributed by atoms with Crippen LogP contribution in [0.1, 0.15) is 35.7 Å². The van der Waals surface area contributed by atoms with E-state index in [1.165, 1.54) is 0 Å². The summed E-state index contributed by atoms with van der Waals surface area (Å²) in [7, 11) is 0. The highest BCUT2D eigenvalue weighted by molar-refractivity contribution is 6.10. The van der Waals surface area contributed by atoms with Gasteiger partial charge in [-0.15, -0.1) is 0 Å². The number of carbonyl (C=O) groups excluding carboxylic acids is 2. The quantitative estimate of drug-likeness (QED) is 0.769. The van der Waals surface area contributed by atoms with E-state index in [1.54, 1.807) is 0 Å². The molecule has 24 heavy (non-hydrogen) atoms. The fourth-order valence-electron chi connectivity index (χ4n) is 4.30. The van der Waals surface area contributed by atoms with Crippen LogP contribution >= 0.6 is 0 Å². The first kappa shape index (κ1) is 15.1. The number of Topliss-reactive ketones (excluding diaryl/α,β-unsaturated/α-hetero) is 2. The largest absolute Gasteiger partial charge is 0.294 e. The summed E-state index contributed by atoms with van der Waals surface area (Å²) in [5, 5.41) is 0. The van der Waals surface area contributed by atoms with Crippen LogP contribution in [0.15, 0.2) is 71.9 Å². The predicted molar refractivity (Wildman–Crippen MR) is 94.8 cm³/mol. The first-order valence-corrected chi connectivity index (χ1v) is 8.47. The topological polar surface area (TPSA) is 34.1 Å². The summed E-state index contributed by atoms with van der Waals surface area (Å²) in [5.74, 6) is 0.733. The molecule has 3 aliphatic carbocycles. The maximum atomic E-state index is 12.5. The fraction of sp³-hybridized carbons (Fsp3) is 0.273. The van der Waals surface area contributed by atoms with Crippen LogP contribution < -0.4 is 0 Å². The first-order valence-electron chi connectivity index (χ1n) is 8.47. The van der Waals surface area contributed by atoms with Gasteiger partial charge in [-0.25, -0.2) is 0 Å². The van der Waals surface area contributed by atoms with Crippen LogP contribution in [0.2, 0.25) is 0 Å². The maximum absolute atomic E-state index is 12.5. The molecule has 0 spiro atoms. The van der Waals surface area contributed by atoms with Crippen molar-refractivity contribution in [2.75, 3.05) is 0 Å². The standard InChI is InChI=1S/C22H20O2/c1-13-11-19(15-7-3-5-9-17(15)21(13)23)20-12-14(2)22(24)18-10-6-4-8-16(18)20/h3-12,15,17,19-20H,1-2H3. The van der Waals surface area contributed by atoms with Crippen molar-refractivity contribution in [3.8, 4) is 0 Å². The van der Waals surface area contributed by atoms with Crippen molar-refractivity contribution in [2.24, 2.45) is 17.8 Å². The monoisotopic (exact) mass is 316 g/mol. The van der Waals surface area contributed by atoms with Crippen LogP contribution in [-0.4, -0.2) is 11.6 Å². The van der Waals surface area contributed by atoms with Gasteiger partial charge in [0, 0.05) is 17.4 Å². The van der Waals surface area contributed by atoms with Crippen LogP contribution in [0.5, 0.6) is 0 Å². The molecule has 2 nitrogen and oxygen atoms in total. The molecule has 0 heterocycles. The summed E-state index contributed by atoms with van der Waals surface area (Å²) < 4.78 is 0. The Balaban J connectivity index is 1.85. The minimum absolute atomic E-state index is 0.0801. The lowest BCUT2D eigenvalue weighted by Crippen LogP contribution is -2.36. The molecule has 0 aromatic heterocycles. The Morgan fingerprint density at radius 3 is 2.38 bits per heavy atom. The molecule has 0 amide bonds. The molecular formula is C22H20O2. The van der Waals surface area contributed by atoms with Gasteiger partial charge in [-0.1, -0.05) is 60.7 Å². The van der Waals surface area contributed by atoms with E-state index in [0.29, 0.717) is 0 Å². The highest BCUT2D eigenvalue weighted by Crippen LogP contribution is 2.46. The molecule has 0 radical (unpaired) electrons. The second kappa shape index (κ2) is 5.55. The third-order valence-corrected chi connectivity index (χ3v) is 5.52. The van der Waals surface area contributed by atoms with Gasteiger partial charge in [0.2, 0.25) is 0 Å². The molecule has 1 aromatic carbocycles. The number of benzene rings is 1. The Labute approximate surface area is 142 Å². The highest BCUT2D eigenvalue weighted by atomic mass is 16.1. The van der Waals surface area contributed by atoms with E-state index in [-0.39, 0.29) is 35.2 Å². The van der Waals surface area contributed by atoms with Gasteiger partial charge in [-0.2, -0.15) is 0 Å². The van der Waals surface area contributed by atoms with Crippen molar-refractivity contribution >= 4 is 11.6 Å². The third-order valence-electron chi connectivity index (χ3n) is 5.52. The molecule has 0 bridgehead atoms. The van der Waals surface area contributed by atoms with Crippen LogP contribution in [0, 0.1) is 17.8 Å². The Morgan fingerprint density at radius 2 is 1.54 bits per heavy atom. The number of fused-ring (bicyclic) bond motifs is 2. The summed E-state index contributed by atoms with van der Waals surface area (Å²) >= 11 is 0. The van der Waals surface area contributed by atoms with Gasteiger partial charge < -0.3 is 0 Å². The highest BCUT2D eigenvalue weighted by Gasteiger charge is 2.41. The van der Waals surface area contributed by atoms with Crippen molar-refractivity contribution in [1.82, 2.24) is 0 Å². The lowest BCUT2D eigenvalue weighted by Gasteiger charge is -2.39. The zero-order chi connectivity index (χ0) is 16.8. The van der Waals surface area contributed by atoms with Crippen molar-refractivity contribution in [2.45, 2.75) is 19.8 Å². The Morgan fingerprint density at radius 1 is 0.792 bits per heavy atom. The SMILES string of the molecule is CC1=CC(C2C=C(C)C(=O)C3C=CC=CC32)c2ccccc2C1=O. The van der Waals surface area contributed by atoms with Crippen molar-refractivity contribution in [3.05, 3.63) is 83.0 Å². The maximum Gasteiger partial charge on any atom is 0.188 e. The molecule has 4 rings (SSSR count). The molecule has 2 heteroatoms. The predicted octanol–water partition coefficient (Wildman–Crippen LogP) is 4.42. The van der Waals surface area contributed by atoms with Crippen molar-refractivity contribution in [3.63, 3.8) is 0 Å². The summed E-state index contributed by atoms with van der Waals surface area (Å²) in [5.41, 5.74) is 3.52. The van der Waals surface area contributed by atoms with E-state index >= 15 is 0 Å². The number of carbonyl (C=O) groups is 2. The van der Waals surface area contributed by atoms with Crippen molar-refractivity contribution in [1.29, 1.82) is 0 Å². The van der Waals surface area contributed by atoms with Crippen LogP contribution in [-0.2, 0) is 4.79 Å². The molecule has 0 aliphatic heterocycles. The zero-order valence-electron chi connectivity index (χ0n) is 13.9. The molecule has 0 fully saturated rings. The molecule has 120 valence electrons. The molecule has 0 saturated heterocycles. The summed E-state index contributed by atoms with van der Waals surface area (Å²) in [6, 6.07) is 7.88. The molecule has 1 aromatic rings. The minimum atomic E-state index is -0.0801. The number of rotatable bonds is 1. The number of allylic oxidation sites excluding steroid dienone is 8. The first-order chi connectivity index (χ1) is 11.6. The van der Waals surface area contributed by atoms with Gasteiger partial charge >= 0.3 is 0 Å². The summed E-state index contributed by atoms with van der Waals surface area (Å²) in [4.78, 5) is 25.0. The lowest BCUT2D eigenvalue weighted by molar-refractivity contribution is -0.119. The fourth-order valence-corrected chi connectivity index (χ4v) is 4.30. The van der Waals surface area contributed by atoms with Gasteiger partial charge in [0.15, 0.2) is 11.6 Å². The molecule has 0 saturated carbocycles. The minimum Gasteiger partial charge on any atom is -0.294 e. The second-order valence-corrected chi connectivity index (χ2v) is 6.96. The molecule has 0 N–H and O–H groups in total. The number of ketones is 2. The number of hydrogen-bond donors (Lipinski definition) is 0. The van der Waals surface area contributed by atoms with E-state index in [2.05, 4.69) is 24.3 Å². The smallest absolute Gasteiger partial charge is 0.188 e. The zero-order valence-corrected chi connectivity index (χ0v) is 13.9. The van der Waals surface area contributed by atoms with E-state index in [1.807, 2.05) is 50.3 Å². The second-order valence-electron chi connectivity index (χ2n) is 6.96. The third kappa shape index (κ3) is 2.17. The lowest BCUT2D eigenvalue weighted by atomic mass is 9.63. The van der Waals surface area contributed by atoms with Crippen molar-refractivity contribution < 1.29 is 9.59 Å². The number of hydrogen-bond acceptors (Lipinski definition) is 2. The van der Waals surface area contributed by atoms with Gasteiger partial charge in [-0.05, 0) is 42.4 Å². The van der Waals surface area contributed by atoms with E-state index in [9.17, 15) is 9.59 Å². The van der Waals surface area contributed by atoms with Gasteiger partial charge in [0.1, 0.15) is 0 Å². The molecular weight excluding hydrogens is 296 g/mol. The van der Waals surface area contributed by atoms with Gasteiger partial charge in [0.05, 0.1) is 0 Å². The van der Waals surface area contributed by atoms with Crippen LogP contribution in [0.3, 0.4) is 0 Å².